The normalized spacial score (nSPS) is 19.6. The van der Waals surface area contributed by atoms with Crippen LogP contribution in [0, 0.1) is 5.82 Å². The molecular formula is C12H11ClFN3O2. The third kappa shape index (κ3) is 2.60. The predicted molar refractivity (Wildman–Crippen MR) is 66.3 cm³/mol. The lowest BCUT2D eigenvalue weighted by Gasteiger charge is -2.20. The molecule has 1 aliphatic rings. The minimum absolute atomic E-state index is 0.116. The maximum atomic E-state index is 13.0. The average Bonchev–Trinajstić information content (AvgIpc) is 2.89. The molecule has 1 N–H and O–H groups in total. The smallest absolute Gasteiger partial charge is 0.246 e. The molecule has 0 spiro atoms. The van der Waals surface area contributed by atoms with Gasteiger partial charge >= 0.3 is 0 Å². The third-order valence-electron chi connectivity index (χ3n) is 2.83. The van der Waals surface area contributed by atoms with E-state index in [4.69, 9.17) is 20.9 Å². The Morgan fingerprint density at radius 2 is 2.32 bits per heavy atom. The average molecular weight is 284 g/mol. The van der Waals surface area contributed by atoms with Crippen LogP contribution in [0.1, 0.15) is 11.9 Å². The van der Waals surface area contributed by atoms with Crippen molar-refractivity contribution in [1.82, 2.24) is 15.5 Å². The monoisotopic (exact) mass is 283 g/mol. The van der Waals surface area contributed by atoms with Crippen LogP contribution in [-0.4, -0.2) is 29.9 Å². The lowest BCUT2D eigenvalue weighted by atomic mass is 10.2. The number of morpholine rings is 1. The third-order valence-corrected chi connectivity index (χ3v) is 3.15. The highest BCUT2D eigenvalue weighted by Gasteiger charge is 2.22. The fourth-order valence-corrected chi connectivity index (χ4v) is 2.13. The highest BCUT2D eigenvalue weighted by molar-refractivity contribution is 6.33. The molecule has 19 heavy (non-hydrogen) atoms. The summed E-state index contributed by atoms with van der Waals surface area (Å²) in [6.07, 6.45) is 0. The molecule has 0 saturated carbocycles. The van der Waals surface area contributed by atoms with E-state index in [0.717, 1.165) is 6.54 Å². The lowest BCUT2D eigenvalue weighted by Crippen LogP contribution is -2.34. The predicted octanol–water partition coefficient (Wildman–Crippen LogP) is 2.19. The van der Waals surface area contributed by atoms with Crippen LogP contribution >= 0.6 is 11.6 Å². The molecule has 0 aliphatic carbocycles. The minimum Gasteiger partial charge on any atom is -0.378 e. The number of rotatable bonds is 2. The molecule has 0 amide bonds. The van der Waals surface area contributed by atoms with Gasteiger partial charge in [0.25, 0.3) is 0 Å². The van der Waals surface area contributed by atoms with Gasteiger partial charge < -0.3 is 14.6 Å². The van der Waals surface area contributed by atoms with Crippen molar-refractivity contribution >= 4 is 11.6 Å². The van der Waals surface area contributed by atoms with Crippen molar-refractivity contribution < 1.29 is 13.7 Å². The molecule has 0 radical (unpaired) electrons. The summed E-state index contributed by atoms with van der Waals surface area (Å²) < 4.78 is 23.5. The Bertz CT molecular complexity index is 584. The first-order valence-corrected chi connectivity index (χ1v) is 6.22. The Kier molecular flexibility index (Phi) is 3.46. The summed E-state index contributed by atoms with van der Waals surface area (Å²) >= 11 is 5.96. The fourth-order valence-electron chi connectivity index (χ4n) is 1.88. The molecule has 0 bridgehead atoms. The number of hydrogen-bond acceptors (Lipinski definition) is 5. The summed E-state index contributed by atoms with van der Waals surface area (Å²) in [5.74, 6) is 0.377. The van der Waals surface area contributed by atoms with E-state index in [1.807, 2.05) is 0 Å². The van der Waals surface area contributed by atoms with E-state index in [1.54, 1.807) is 0 Å². The SMILES string of the molecule is Fc1ccc(-c2noc(C3COCCN3)n2)c(Cl)c1. The van der Waals surface area contributed by atoms with Crippen LogP contribution in [0.3, 0.4) is 0 Å². The number of benzene rings is 1. The Morgan fingerprint density at radius 1 is 1.42 bits per heavy atom. The Balaban J connectivity index is 1.87. The fraction of sp³-hybridized carbons (Fsp3) is 0.333. The topological polar surface area (TPSA) is 60.2 Å². The van der Waals surface area contributed by atoms with E-state index in [9.17, 15) is 4.39 Å². The highest BCUT2D eigenvalue weighted by Crippen LogP contribution is 2.27. The molecule has 2 heterocycles. The van der Waals surface area contributed by atoms with Crippen molar-refractivity contribution in [3.8, 4) is 11.4 Å². The van der Waals surface area contributed by atoms with Gasteiger partial charge in [-0.25, -0.2) is 4.39 Å². The van der Waals surface area contributed by atoms with Crippen LogP contribution in [0.5, 0.6) is 0 Å². The second-order valence-corrected chi connectivity index (χ2v) is 4.57. The van der Waals surface area contributed by atoms with E-state index < -0.39 is 5.82 Å². The molecular weight excluding hydrogens is 273 g/mol. The summed E-state index contributed by atoms with van der Waals surface area (Å²) in [4.78, 5) is 4.27. The minimum atomic E-state index is -0.403. The first kappa shape index (κ1) is 12.5. The molecule has 1 unspecified atom stereocenters. The van der Waals surface area contributed by atoms with Crippen LogP contribution in [-0.2, 0) is 4.74 Å². The Morgan fingerprint density at radius 3 is 3.05 bits per heavy atom. The molecule has 1 saturated heterocycles. The summed E-state index contributed by atoms with van der Waals surface area (Å²) in [7, 11) is 0. The van der Waals surface area contributed by atoms with Gasteiger partial charge in [0.2, 0.25) is 11.7 Å². The maximum Gasteiger partial charge on any atom is 0.246 e. The molecule has 1 aromatic carbocycles. The second kappa shape index (κ2) is 5.24. The first-order chi connectivity index (χ1) is 9.24. The number of aromatic nitrogens is 2. The van der Waals surface area contributed by atoms with E-state index in [-0.39, 0.29) is 11.1 Å². The van der Waals surface area contributed by atoms with Crippen molar-refractivity contribution in [1.29, 1.82) is 0 Å². The molecule has 1 aliphatic heterocycles. The van der Waals surface area contributed by atoms with Crippen LogP contribution in [0.15, 0.2) is 22.7 Å². The van der Waals surface area contributed by atoms with Crippen molar-refractivity contribution in [2.45, 2.75) is 6.04 Å². The molecule has 7 heteroatoms. The summed E-state index contributed by atoms with van der Waals surface area (Å²) in [6.45, 7) is 1.89. The van der Waals surface area contributed by atoms with E-state index in [0.29, 0.717) is 30.5 Å². The number of nitrogens with zero attached hydrogens (tertiary/aromatic N) is 2. The van der Waals surface area contributed by atoms with Crippen molar-refractivity contribution in [2.75, 3.05) is 19.8 Å². The van der Waals surface area contributed by atoms with Gasteiger partial charge in [-0.3, -0.25) is 0 Å². The molecule has 5 nitrogen and oxygen atoms in total. The Labute approximate surface area is 113 Å². The molecule has 2 aromatic rings. The maximum absolute atomic E-state index is 13.0. The van der Waals surface area contributed by atoms with Crippen LogP contribution in [0.2, 0.25) is 5.02 Å². The zero-order valence-corrected chi connectivity index (χ0v) is 10.7. The van der Waals surface area contributed by atoms with E-state index in [1.165, 1.54) is 18.2 Å². The van der Waals surface area contributed by atoms with Gasteiger partial charge in [0.1, 0.15) is 11.9 Å². The summed E-state index contributed by atoms with van der Waals surface area (Å²) in [5.41, 5.74) is 0.537. The zero-order valence-electron chi connectivity index (χ0n) is 9.90. The largest absolute Gasteiger partial charge is 0.378 e. The van der Waals surface area contributed by atoms with Gasteiger partial charge in [-0.1, -0.05) is 16.8 Å². The Hall–Kier alpha value is -1.50. The lowest BCUT2D eigenvalue weighted by molar-refractivity contribution is 0.0659. The van der Waals surface area contributed by atoms with Gasteiger partial charge in [0.15, 0.2) is 0 Å². The van der Waals surface area contributed by atoms with Crippen molar-refractivity contribution in [3.05, 3.63) is 34.9 Å². The van der Waals surface area contributed by atoms with Gasteiger partial charge in [0.05, 0.1) is 18.2 Å². The summed E-state index contributed by atoms with van der Waals surface area (Å²) in [5, 5.41) is 7.32. The highest BCUT2D eigenvalue weighted by atomic mass is 35.5. The van der Waals surface area contributed by atoms with E-state index >= 15 is 0 Å². The molecule has 100 valence electrons. The van der Waals surface area contributed by atoms with Crippen molar-refractivity contribution in [2.24, 2.45) is 0 Å². The van der Waals surface area contributed by atoms with Gasteiger partial charge in [-0.15, -0.1) is 0 Å². The van der Waals surface area contributed by atoms with Crippen molar-refractivity contribution in [3.63, 3.8) is 0 Å². The number of ether oxygens (including phenoxy) is 1. The standard InChI is InChI=1S/C12H11ClFN3O2/c13-9-5-7(14)1-2-8(9)11-16-12(19-17-11)10-6-18-4-3-15-10/h1-2,5,10,15H,3-4,6H2. The first-order valence-electron chi connectivity index (χ1n) is 5.84. The van der Waals surface area contributed by atoms with Gasteiger partial charge in [0, 0.05) is 12.1 Å². The van der Waals surface area contributed by atoms with Crippen LogP contribution in [0.4, 0.5) is 4.39 Å². The van der Waals surface area contributed by atoms with Gasteiger partial charge in [-0.05, 0) is 18.2 Å². The number of halogens is 2. The second-order valence-electron chi connectivity index (χ2n) is 4.16. The molecule has 3 rings (SSSR count). The zero-order chi connectivity index (χ0) is 13.2. The quantitative estimate of drug-likeness (QED) is 0.915. The molecule has 1 aromatic heterocycles. The number of nitrogens with one attached hydrogen (secondary N) is 1. The summed E-state index contributed by atoms with van der Waals surface area (Å²) in [6, 6.07) is 3.93. The van der Waals surface area contributed by atoms with Crippen LogP contribution in [0.25, 0.3) is 11.4 Å². The number of hydrogen-bond donors (Lipinski definition) is 1. The molecule has 1 atom stereocenters. The van der Waals surface area contributed by atoms with E-state index in [2.05, 4.69) is 15.5 Å². The van der Waals surface area contributed by atoms with Gasteiger partial charge in [-0.2, -0.15) is 4.98 Å². The molecule has 1 fully saturated rings. The van der Waals surface area contributed by atoms with Crippen LogP contribution < -0.4 is 5.32 Å².